The zero-order valence-electron chi connectivity index (χ0n) is 12.2. The van der Waals surface area contributed by atoms with Crippen LogP contribution < -0.4 is 5.32 Å². The molecule has 0 amide bonds. The number of halogens is 4. The number of anilines is 1. The molecule has 0 spiro atoms. The average molecular weight is 350 g/mol. The lowest BCUT2D eigenvalue weighted by Gasteiger charge is -2.08. The summed E-state index contributed by atoms with van der Waals surface area (Å²) in [7, 11) is 0. The second kappa shape index (κ2) is 6.88. The molecular formula is C17H11ClF3N3. The van der Waals surface area contributed by atoms with E-state index in [-0.39, 0.29) is 17.5 Å². The topological polar surface area (TPSA) is 37.8 Å². The Kier molecular flexibility index (Phi) is 4.66. The molecule has 3 rings (SSSR count). The number of benzene rings is 2. The van der Waals surface area contributed by atoms with Crippen LogP contribution in [0.3, 0.4) is 0 Å². The lowest BCUT2D eigenvalue weighted by molar-refractivity contribution is 0.507. The number of nitrogens with zero attached hydrogens (tertiary/aromatic N) is 2. The van der Waals surface area contributed by atoms with Crippen molar-refractivity contribution < 1.29 is 13.2 Å². The summed E-state index contributed by atoms with van der Waals surface area (Å²) in [5, 5.41) is 3.18. The molecule has 7 heteroatoms. The monoisotopic (exact) mass is 349 g/mol. The first-order valence-electron chi connectivity index (χ1n) is 6.99. The summed E-state index contributed by atoms with van der Waals surface area (Å²) in [6.45, 7) is 0.230. The van der Waals surface area contributed by atoms with Crippen LogP contribution in [0, 0.1) is 17.5 Å². The summed E-state index contributed by atoms with van der Waals surface area (Å²) >= 11 is 5.98. The van der Waals surface area contributed by atoms with Gasteiger partial charge in [-0.05, 0) is 42.0 Å². The van der Waals surface area contributed by atoms with Crippen LogP contribution in [0.1, 0.15) is 5.56 Å². The van der Waals surface area contributed by atoms with Gasteiger partial charge in [0.25, 0.3) is 0 Å². The van der Waals surface area contributed by atoms with Crippen LogP contribution in [0.4, 0.5) is 19.0 Å². The van der Waals surface area contributed by atoms with Crippen LogP contribution >= 0.6 is 11.6 Å². The van der Waals surface area contributed by atoms with Crippen LogP contribution in [-0.4, -0.2) is 9.97 Å². The van der Waals surface area contributed by atoms with Crippen LogP contribution in [-0.2, 0) is 6.54 Å². The Hall–Kier alpha value is -2.60. The first-order chi connectivity index (χ1) is 11.5. The third-order valence-electron chi connectivity index (χ3n) is 3.25. The second-order valence-corrected chi connectivity index (χ2v) is 5.40. The highest BCUT2D eigenvalue weighted by Crippen LogP contribution is 2.21. The van der Waals surface area contributed by atoms with Gasteiger partial charge in [0.1, 0.15) is 16.8 Å². The second-order valence-electron chi connectivity index (χ2n) is 5.01. The maximum atomic E-state index is 13.2. The lowest BCUT2D eigenvalue weighted by atomic mass is 10.2. The first-order valence-corrected chi connectivity index (χ1v) is 7.37. The Morgan fingerprint density at radius 1 is 0.875 bits per heavy atom. The molecule has 3 aromatic rings. The minimum Gasteiger partial charge on any atom is -0.366 e. The van der Waals surface area contributed by atoms with E-state index in [4.69, 9.17) is 11.6 Å². The van der Waals surface area contributed by atoms with Crippen molar-refractivity contribution in [3.05, 3.63) is 76.7 Å². The molecule has 0 saturated carbocycles. The molecule has 0 radical (unpaired) electrons. The van der Waals surface area contributed by atoms with E-state index in [2.05, 4.69) is 15.3 Å². The van der Waals surface area contributed by atoms with Gasteiger partial charge in [-0.1, -0.05) is 17.7 Å². The SMILES string of the molecule is Fc1ccc(-c2nc(Cl)cc(NCc3ccc(F)c(F)c3)n2)cc1. The van der Waals surface area contributed by atoms with E-state index in [9.17, 15) is 13.2 Å². The summed E-state index contributed by atoms with van der Waals surface area (Å²) in [6.07, 6.45) is 0. The molecule has 0 aliphatic rings. The number of rotatable bonds is 4. The molecule has 0 aliphatic heterocycles. The fourth-order valence-corrected chi connectivity index (χ4v) is 2.26. The van der Waals surface area contributed by atoms with Crippen molar-refractivity contribution in [2.24, 2.45) is 0 Å². The molecule has 0 fully saturated rings. The van der Waals surface area contributed by atoms with Crippen molar-refractivity contribution >= 4 is 17.4 Å². The van der Waals surface area contributed by atoms with E-state index in [1.54, 1.807) is 12.1 Å². The van der Waals surface area contributed by atoms with Gasteiger partial charge < -0.3 is 5.32 Å². The third kappa shape index (κ3) is 3.83. The van der Waals surface area contributed by atoms with Crippen molar-refractivity contribution in [3.63, 3.8) is 0 Å². The molecule has 0 unspecified atom stereocenters. The van der Waals surface area contributed by atoms with Crippen molar-refractivity contribution in [2.75, 3.05) is 5.32 Å². The molecule has 0 atom stereocenters. The largest absolute Gasteiger partial charge is 0.366 e. The Labute approximate surface area is 141 Å². The number of hydrogen-bond acceptors (Lipinski definition) is 3. The van der Waals surface area contributed by atoms with Gasteiger partial charge in [-0.3, -0.25) is 0 Å². The van der Waals surface area contributed by atoms with E-state index in [0.717, 1.165) is 12.1 Å². The highest BCUT2D eigenvalue weighted by atomic mass is 35.5. The van der Waals surface area contributed by atoms with Gasteiger partial charge in [0, 0.05) is 18.2 Å². The minimum atomic E-state index is -0.915. The molecule has 1 N–H and O–H groups in total. The van der Waals surface area contributed by atoms with Gasteiger partial charge in [0.15, 0.2) is 17.5 Å². The standard InChI is InChI=1S/C17H11ClF3N3/c18-15-8-16(22-9-10-1-6-13(20)14(21)7-10)24-17(23-15)11-2-4-12(19)5-3-11/h1-8H,9H2,(H,22,23,24). The highest BCUT2D eigenvalue weighted by molar-refractivity contribution is 6.29. The third-order valence-corrected chi connectivity index (χ3v) is 3.45. The molecular weight excluding hydrogens is 339 g/mol. The minimum absolute atomic E-state index is 0.206. The zero-order chi connectivity index (χ0) is 17.1. The predicted molar refractivity (Wildman–Crippen MR) is 86.1 cm³/mol. The van der Waals surface area contributed by atoms with E-state index >= 15 is 0 Å². The lowest BCUT2D eigenvalue weighted by Crippen LogP contribution is -2.04. The van der Waals surface area contributed by atoms with Crippen LogP contribution in [0.25, 0.3) is 11.4 Å². The van der Waals surface area contributed by atoms with Crippen molar-refractivity contribution in [1.29, 1.82) is 0 Å². The fraction of sp³-hybridized carbons (Fsp3) is 0.0588. The number of hydrogen-bond donors (Lipinski definition) is 1. The van der Waals surface area contributed by atoms with Crippen molar-refractivity contribution in [3.8, 4) is 11.4 Å². The Morgan fingerprint density at radius 2 is 1.62 bits per heavy atom. The summed E-state index contributed by atoms with van der Waals surface area (Å²) < 4.78 is 39.1. The molecule has 1 aromatic heterocycles. The first kappa shape index (κ1) is 16.3. The Morgan fingerprint density at radius 3 is 2.33 bits per heavy atom. The van der Waals surface area contributed by atoms with E-state index in [0.29, 0.717) is 22.8 Å². The molecule has 24 heavy (non-hydrogen) atoms. The van der Waals surface area contributed by atoms with Gasteiger partial charge in [-0.25, -0.2) is 23.1 Å². The van der Waals surface area contributed by atoms with Crippen LogP contribution in [0.5, 0.6) is 0 Å². The van der Waals surface area contributed by atoms with E-state index in [1.807, 2.05) is 0 Å². The quantitative estimate of drug-likeness (QED) is 0.686. The van der Waals surface area contributed by atoms with Crippen LogP contribution in [0.15, 0.2) is 48.5 Å². The molecule has 0 saturated heterocycles. The maximum Gasteiger partial charge on any atom is 0.163 e. The molecule has 0 bridgehead atoms. The fourth-order valence-electron chi connectivity index (χ4n) is 2.08. The predicted octanol–water partition coefficient (Wildman–Crippen LogP) is 4.83. The molecule has 122 valence electrons. The van der Waals surface area contributed by atoms with Crippen molar-refractivity contribution in [2.45, 2.75) is 6.54 Å². The van der Waals surface area contributed by atoms with E-state index < -0.39 is 11.6 Å². The summed E-state index contributed by atoms with van der Waals surface area (Å²) in [5.74, 6) is -1.43. The van der Waals surface area contributed by atoms with E-state index in [1.165, 1.54) is 24.3 Å². The van der Waals surface area contributed by atoms with Gasteiger partial charge in [0.05, 0.1) is 0 Å². The van der Waals surface area contributed by atoms with Crippen LogP contribution in [0.2, 0.25) is 5.15 Å². The zero-order valence-corrected chi connectivity index (χ0v) is 13.0. The molecule has 3 nitrogen and oxygen atoms in total. The average Bonchev–Trinajstić information content (AvgIpc) is 2.56. The summed E-state index contributed by atoms with van der Waals surface area (Å²) in [5.41, 5.74) is 1.15. The summed E-state index contributed by atoms with van der Waals surface area (Å²) in [6, 6.07) is 10.8. The summed E-state index contributed by atoms with van der Waals surface area (Å²) in [4.78, 5) is 8.39. The Bertz CT molecular complexity index is 869. The molecule has 0 aliphatic carbocycles. The number of aromatic nitrogens is 2. The number of nitrogens with one attached hydrogen (secondary N) is 1. The van der Waals surface area contributed by atoms with Crippen molar-refractivity contribution in [1.82, 2.24) is 9.97 Å². The highest BCUT2D eigenvalue weighted by Gasteiger charge is 2.07. The maximum absolute atomic E-state index is 13.2. The van der Waals surface area contributed by atoms with Gasteiger partial charge >= 0.3 is 0 Å². The van der Waals surface area contributed by atoms with Gasteiger partial charge in [-0.15, -0.1) is 0 Å². The molecule has 2 aromatic carbocycles. The Balaban J connectivity index is 1.80. The molecule has 1 heterocycles. The normalized spacial score (nSPS) is 10.7. The van der Waals surface area contributed by atoms with Gasteiger partial charge in [-0.2, -0.15) is 0 Å². The van der Waals surface area contributed by atoms with Gasteiger partial charge in [0.2, 0.25) is 0 Å². The smallest absolute Gasteiger partial charge is 0.163 e.